The first-order valence-corrected chi connectivity index (χ1v) is 9.65. The zero-order valence-corrected chi connectivity index (χ0v) is 13.7. The fourth-order valence-electron chi connectivity index (χ4n) is 2.59. The Morgan fingerprint density at radius 3 is 2.82 bits per heavy atom. The third kappa shape index (κ3) is 3.18. The van der Waals surface area contributed by atoms with Crippen molar-refractivity contribution < 1.29 is 12.8 Å². The van der Waals surface area contributed by atoms with Gasteiger partial charge < -0.3 is 0 Å². The Kier molecular flexibility index (Phi) is 4.24. The van der Waals surface area contributed by atoms with E-state index < -0.39 is 10.0 Å². The van der Waals surface area contributed by atoms with Crippen LogP contribution in [0.15, 0.2) is 24.3 Å². The molecular weight excluding hydrogens is 325 g/mol. The number of piperidine rings is 1. The molecule has 5 nitrogen and oxygen atoms in total. The molecule has 0 aliphatic carbocycles. The van der Waals surface area contributed by atoms with Gasteiger partial charge in [-0.15, -0.1) is 10.2 Å². The molecule has 0 saturated carbocycles. The summed E-state index contributed by atoms with van der Waals surface area (Å²) in [4.78, 5) is 0. The van der Waals surface area contributed by atoms with E-state index in [2.05, 4.69) is 10.2 Å². The second-order valence-electron chi connectivity index (χ2n) is 5.39. The van der Waals surface area contributed by atoms with E-state index in [0.29, 0.717) is 23.7 Å². The maximum Gasteiger partial charge on any atom is 0.211 e. The van der Waals surface area contributed by atoms with Crippen LogP contribution in [-0.2, 0) is 10.0 Å². The lowest BCUT2D eigenvalue weighted by Gasteiger charge is -2.29. The predicted molar refractivity (Wildman–Crippen MR) is 83.7 cm³/mol. The molecule has 0 spiro atoms. The number of nitrogens with zero attached hydrogens (tertiary/aromatic N) is 3. The normalized spacial score (nSPS) is 20.2. The van der Waals surface area contributed by atoms with Crippen LogP contribution in [0.25, 0.3) is 10.6 Å². The fraction of sp³-hybridized carbons (Fsp3) is 0.429. The minimum atomic E-state index is -3.19. The van der Waals surface area contributed by atoms with Crippen molar-refractivity contribution in [2.75, 3.05) is 19.3 Å². The van der Waals surface area contributed by atoms with E-state index >= 15 is 0 Å². The summed E-state index contributed by atoms with van der Waals surface area (Å²) in [7, 11) is -3.19. The summed E-state index contributed by atoms with van der Waals surface area (Å²) in [6, 6.07) is 6.45. The van der Waals surface area contributed by atoms with Crippen LogP contribution in [0.2, 0.25) is 0 Å². The maximum absolute atomic E-state index is 13.8. The molecule has 0 bridgehead atoms. The van der Waals surface area contributed by atoms with Crippen molar-refractivity contribution in [3.8, 4) is 10.6 Å². The molecule has 8 heteroatoms. The summed E-state index contributed by atoms with van der Waals surface area (Å²) in [5.41, 5.74) is 0.432. The molecule has 1 aliphatic heterocycles. The van der Waals surface area contributed by atoms with Crippen LogP contribution < -0.4 is 0 Å². The van der Waals surface area contributed by atoms with E-state index in [1.807, 2.05) is 0 Å². The third-order valence-corrected chi connectivity index (χ3v) is 6.14. The standard InChI is InChI=1S/C14H16FN3O2S2/c1-22(19,20)18-8-4-5-10(9-18)13-16-17-14(21-13)11-6-2-3-7-12(11)15/h2-3,6-7,10H,4-5,8-9H2,1H3/t10-/m1/s1. The quantitative estimate of drug-likeness (QED) is 0.860. The average molecular weight is 341 g/mol. The van der Waals surface area contributed by atoms with Crippen molar-refractivity contribution in [3.63, 3.8) is 0 Å². The van der Waals surface area contributed by atoms with E-state index in [0.717, 1.165) is 17.8 Å². The molecule has 3 rings (SSSR count). The van der Waals surface area contributed by atoms with Crippen molar-refractivity contribution in [2.24, 2.45) is 0 Å². The summed E-state index contributed by atoms with van der Waals surface area (Å²) >= 11 is 1.34. The number of hydrogen-bond donors (Lipinski definition) is 0. The Labute approximate surface area is 132 Å². The fourth-order valence-corrected chi connectivity index (χ4v) is 4.50. The number of benzene rings is 1. The van der Waals surface area contributed by atoms with E-state index in [1.54, 1.807) is 18.2 Å². The van der Waals surface area contributed by atoms with Gasteiger partial charge in [-0.25, -0.2) is 17.1 Å². The Morgan fingerprint density at radius 1 is 1.32 bits per heavy atom. The highest BCUT2D eigenvalue weighted by molar-refractivity contribution is 7.88. The summed E-state index contributed by atoms with van der Waals surface area (Å²) in [5, 5.41) is 9.53. The maximum atomic E-state index is 13.8. The van der Waals surface area contributed by atoms with Gasteiger partial charge in [0.05, 0.1) is 6.26 Å². The van der Waals surface area contributed by atoms with Gasteiger partial charge in [0, 0.05) is 24.6 Å². The van der Waals surface area contributed by atoms with Crippen LogP contribution in [0, 0.1) is 5.82 Å². The molecule has 1 aromatic carbocycles. The van der Waals surface area contributed by atoms with Crippen molar-refractivity contribution in [1.29, 1.82) is 0 Å². The summed E-state index contributed by atoms with van der Waals surface area (Å²) in [5.74, 6) is -0.298. The number of rotatable bonds is 3. The van der Waals surface area contributed by atoms with Gasteiger partial charge >= 0.3 is 0 Å². The first kappa shape index (κ1) is 15.5. The number of halogens is 1. The lowest BCUT2D eigenvalue weighted by molar-refractivity contribution is 0.316. The van der Waals surface area contributed by atoms with E-state index in [-0.39, 0.29) is 11.7 Å². The predicted octanol–water partition coefficient (Wildman–Crippen LogP) is 2.48. The molecule has 2 aromatic rings. The molecule has 0 unspecified atom stereocenters. The summed E-state index contributed by atoms with van der Waals surface area (Å²) in [6.45, 7) is 0.971. The molecule has 1 aliphatic rings. The Hall–Kier alpha value is -1.38. The third-order valence-electron chi connectivity index (χ3n) is 3.75. The van der Waals surface area contributed by atoms with Crippen LogP contribution in [0.5, 0.6) is 0 Å². The Morgan fingerprint density at radius 2 is 2.09 bits per heavy atom. The molecule has 0 N–H and O–H groups in total. The number of aromatic nitrogens is 2. The van der Waals surface area contributed by atoms with Crippen LogP contribution in [0.4, 0.5) is 4.39 Å². The molecule has 0 radical (unpaired) electrons. The van der Waals surface area contributed by atoms with Crippen molar-refractivity contribution in [2.45, 2.75) is 18.8 Å². The highest BCUT2D eigenvalue weighted by Gasteiger charge is 2.29. The molecule has 1 aromatic heterocycles. The van der Waals surface area contributed by atoms with Crippen LogP contribution in [0.3, 0.4) is 0 Å². The average Bonchev–Trinajstić information content (AvgIpc) is 2.97. The van der Waals surface area contributed by atoms with Crippen LogP contribution >= 0.6 is 11.3 Å². The molecule has 1 saturated heterocycles. The van der Waals surface area contributed by atoms with Gasteiger partial charge in [0.15, 0.2) is 5.01 Å². The molecular formula is C14H16FN3O2S2. The van der Waals surface area contributed by atoms with Gasteiger partial charge in [0.2, 0.25) is 10.0 Å². The Balaban J connectivity index is 1.84. The second-order valence-corrected chi connectivity index (χ2v) is 8.38. The van der Waals surface area contributed by atoms with Gasteiger partial charge in [0.1, 0.15) is 10.8 Å². The van der Waals surface area contributed by atoms with Crippen molar-refractivity contribution in [1.82, 2.24) is 14.5 Å². The molecule has 2 heterocycles. The lowest BCUT2D eigenvalue weighted by atomic mass is 10.0. The first-order valence-electron chi connectivity index (χ1n) is 6.98. The molecule has 22 heavy (non-hydrogen) atoms. The summed E-state index contributed by atoms with van der Waals surface area (Å²) < 4.78 is 38.6. The van der Waals surface area contributed by atoms with Crippen LogP contribution in [0.1, 0.15) is 23.8 Å². The SMILES string of the molecule is CS(=O)(=O)N1CCC[C@@H](c2nnc(-c3ccccc3F)s2)C1. The summed E-state index contributed by atoms with van der Waals surface area (Å²) in [6.07, 6.45) is 2.89. The van der Waals surface area contributed by atoms with E-state index in [9.17, 15) is 12.8 Å². The lowest BCUT2D eigenvalue weighted by Crippen LogP contribution is -2.38. The zero-order valence-electron chi connectivity index (χ0n) is 12.1. The zero-order chi connectivity index (χ0) is 15.7. The van der Waals surface area contributed by atoms with E-state index in [4.69, 9.17) is 0 Å². The second kappa shape index (κ2) is 6.02. The van der Waals surface area contributed by atoms with Crippen molar-refractivity contribution in [3.05, 3.63) is 35.1 Å². The smallest absolute Gasteiger partial charge is 0.211 e. The largest absolute Gasteiger partial charge is 0.213 e. The number of hydrogen-bond acceptors (Lipinski definition) is 5. The van der Waals surface area contributed by atoms with Crippen molar-refractivity contribution >= 4 is 21.4 Å². The van der Waals surface area contributed by atoms with Crippen LogP contribution in [-0.4, -0.2) is 42.3 Å². The van der Waals surface area contributed by atoms with Gasteiger partial charge in [-0.1, -0.05) is 23.5 Å². The van der Waals surface area contributed by atoms with Gasteiger partial charge in [-0.3, -0.25) is 0 Å². The number of sulfonamides is 1. The molecule has 118 valence electrons. The molecule has 1 atom stereocenters. The van der Waals surface area contributed by atoms with Gasteiger partial charge in [-0.2, -0.15) is 0 Å². The van der Waals surface area contributed by atoms with Gasteiger partial charge in [-0.05, 0) is 25.0 Å². The Bertz CT molecular complexity index is 776. The minimum absolute atomic E-state index is 0.0292. The highest BCUT2D eigenvalue weighted by Crippen LogP contribution is 2.33. The first-order chi connectivity index (χ1) is 10.4. The monoisotopic (exact) mass is 341 g/mol. The minimum Gasteiger partial charge on any atom is -0.213 e. The van der Waals surface area contributed by atoms with E-state index in [1.165, 1.54) is 28.0 Å². The highest BCUT2D eigenvalue weighted by atomic mass is 32.2. The topological polar surface area (TPSA) is 63.2 Å². The van der Waals surface area contributed by atoms with Gasteiger partial charge in [0.25, 0.3) is 0 Å². The molecule has 0 amide bonds. The molecule has 1 fully saturated rings.